The summed E-state index contributed by atoms with van der Waals surface area (Å²) in [5.41, 5.74) is 0.925. The highest BCUT2D eigenvalue weighted by Gasteiger charge is 2.15. The number of hydrogen-bond acceptors (Lipinski definition) is 3. The molecular weight excluding hydrogens is 328 g/mol. The van der Waals surface area contributed by atoms with Crippen molar-refractivity contribution in [2.45, 2.75) is 0 Å². The van der Waals surface area contributed by atoms with Crippen LogP contribution in [0.3, 0.4) is 0 Å². The topological polar surface area (TPSA) is 38.3 Å². The van der Waals surface area contributed by atoms with Gasteiger partial charge >= 0.3 is 5.97 Å². The number of methoxy groups -OCH3 is 1. The lowest BCUT2D eigenvalue weighted by molar-refractivity contribution is 0.0600. The highest BCUT2D eigenvalue weighted by Crippen LogP contribution is 2.22. The Labute approximate surface area is 137 Å². The van der Waals surface area contributed by atoms with Gasteiger partial charge in [-0.25, -0.2) is 9.18 Å². The van der Waals surface area contributed by atoms with Crippen molar-refractivity contribution >= 4 is 40.9 Å². The molecule has 3 nitrogen and oxygen atoms in total. The molecule has 0 saturated heterocycles. The lowest BCUT2D eigenvalue weighted by atomic mass is 10.1. The summed E-state index contributed by atoms with van der Waals surface area (Å²) in [6.45, 7) is 0. The molecule has 0 saturated carbocycles. The first-order valence-electron chi connectivity index (χ1n) is 6.27. The zero-order chi connectivity index (χ0) is 16.1. The summed E-state index contributed by atoms with van der Waals surface area (Å²) < 4.78 is 18.6. The minimum absolute atomic E-state index is 0.0571. The van der Waals surface area contributed by atoms with Crippen LogP contribution in [0.2, 0.25) is 10.0 Å². The Morgan fingerprint density at radius 1 is 1.18 bits per heavy atom. The molecule has 2 aromatic carbocycles. The van der Waals surface area contributed by atoms with Crippen LogP contribution in [0.4, 0.5) is 10.1 Å². The smallest absolute Gasteiger partial charge is 0.338 e. The predicted octanol–water partition coefficient (Wildman–Crippen LogP) is 5.00. The highest BCUT2D eigenvalue weighted by molar-refractivity contribution is 6.31. The van der Waals surface area contributed by atoms with Gasteiger partial charge in [0.15, 0.2) is 0 Å². The van der Waals surface area contributed by atoms with E-state index in [1.807, 2.05) is 0 Å². The number of halogens is 3. The normalized spacial score (nSPS) is 10.7. The van der Waals surface area contributed by atoms with E-state index in [0.717, 1.165) is 11.8 Å². The van der Waals surface area contributed by atoms with E-state index in [9.17, 15) is 9.18 Å². The molecule has 0 unspecified atom stereocenters. The van der Waals surface area contributed by atoms with Gasteiger partial charge in [0.05, 0.1) is 12.7 Å². The van der Waals surface area contributed by atoms with Gasteiger partial charge in [0, 0.05) is 27.5 Å². The molecule has 22 heavy (non-hydrogen) atoms. The molecule has 0 heterocycles. The molecule has 1 N–H and O–H groups in total. The maximum Gasteiger partial charge on any atom is 0.338 e. The summed E-state index contributed by atoms with van der Waals surface area (Å²) in [6, 6.07) is 9.48. The van der Waals surface area contributed by atoms with Crippen LogP contribution >= 0.6 is 23.2 Å². The zero-order valence-corrected chi connectivity index (χ0v) is 13.1. The number of rotatable bonds is 4. The van der Waals surface area contributed by atoms with E-state index >= 15 is 0 Å². The predicted molar refractivity (Wildman–Crippen MR) is 86.9 cm³/mol. The third kappa shape index (κ3) is 4.00. The van der Waals surface area contributed by atoms with E-state index in [-0.39, 0.29) is 16.1 Å². The Morgan fingerprint density at radius 2 is 1.86 bits per heavy atom. The lowest BCUT2D eigenvalue weighted by Gasteiger charge is -2.07. The van der Waals surface area contributed by atoms with Crippen LogP contribution in [0.15, 0.2) is 42.6 Å². The monoisotopic (exact) mass is 339 g/mol. The third-order valence-electron chi connectivity index (χ3n) is 2.84. The fourth-order valence-electron chi connectivity index (χ4n) is 1.80. The van der Waals surface area contributed by atoms with Gasteiger partial charge in [-0.1, -0.05) is 23.2 Å². The average Bonchev–Trinajstić information content (AvgIpc) is 2.50. The van der Waals surface area contributed by atoms with Gasteiger partial charge in [0.25, 0.3) is 0 Å². The Balaban J connectivity index is 2.26. The molecule has 114 valence electrons. The summed E-state index contributed by atoms with van der Waals surface area (Å²) in [7, 11) is 1.22. The summed E-state index contributed by atoms with van der Waals surface area (Å²) in [5, 5.41) is 3.70. The number of esters is 1. The average molecular weight is 340 g/mol. The second-order valence-corrected chi connectivity index (χ2v) is 5.20. The molecule has 0 bridgehead atoms. The zero-order valence-electron chi connectivity index (χ0n) is 11.6. The van der Waals surface area contributed by atoms with Crippen molar-refractivity contribution in [3.8, 4) is 0 Å². The van der Waals surface area contributed by atoms with E-state index < -0.39 is 11.8 Å². The number of carbonyl (C=O) groups is 1. The Kier molecular flexibility index (Phi) is 5.41. The standard InChI is InChI=1S/C16H12Cl2FNO2/c1-22-16(21)14-8-11(18)9-15(19)13(14)6-7-20-12-4-2-10(17)3-5-12/h2-9,20H,1H3. The van der Waals surface area contributed by atoms with Gasteiger partial charge in [-0.3, -0.25) is 0 Å². The summed E-state index contributed by atoms with van der Waals surface area (Å²) in [4.78, 5) is 11.7. The molecule has 0 aromatic heterocycles. The largest absolute Gasteiger partial charge is 0.465 e. The van der Waals surface area contributed by atoms with Gasteiger partial charge in [0.1, 0.15) is 5.82 Å². The van der Waals surface area contributed by atoms with Crippen molar-refractivity contribution in [2.24, 2.45) is 0 Å². The van der Waals surface area contributed by atoms with Gasteiger partial charge in [-0.05, 0) is 42.5 Å². The first-order chi connectivity index (χ1) is 10.5. The van der Waals surface area contributed by atoms with Gasteiger partial charge in [-0.2, -0.15) is 0 Å². The minimum atomic E-state index is -0.660. The van der Waals surface area contributed by atoms with Crippen LogP contribution in [0, 0.1) is 5.82 Å². The molecule has 0 atom stereocenters. The van der Waals surface area contributed by atoms with E-state index in [2.05, 4.69) is 10.1 Å². The summed E-state index contributed by atoms with van der Waals surface area (Å²) >= 11 is 11.6. The molecule has 2 rings (SSSR count). The van der Waals surface area contributed by atoms with Crippen LogP contribution in [0.1, 0.15) is 15.9 Å². The van der Waals surface area contributed by atoms with Crippen molar-refractivity contribution in [1.82, 2.24) is 0 Å². The first-order valence-corrected chi connectivity index (χ1v) is 7.03. The lowest BCUT2D eigenvalue weighted by Crippen LogP contribution is -2.05. The Hall–Kier alpha value is -2.04. The van der Waals surface area contributed by atoms with Crippen LogP contribution < -0.4 is 5.32 Å². The molecule has 0 aliphatic carbocycles. The van der Waals surface area contributed by atoms with Crippen molar-refractivity contribution in [3.63, 3.8) is 0 Å². The molecule has 0 radical (unpaired) electrons. The van der Waals surface area contributed by atoms with E-state index in [1.165, 1.54) is 25.5 Å². The molecular formula is C16H12Cl2FNO2. The van der Waals surface area contributed by atoms with Crippen LogP contribution in [0.5, 0.6) is 0 Å². The fourth-order valence-corrected chi connectivity index (χ4v) is 2.13. The highest BCUT2D eigenvalue weighted by atomic mass is 35.5. The number of hydrogen-bond donors (Lipinski definition) is 1. The number of ether oxygens (including phenoxy) is 1. The van der Waals surface area contributed by atoms with Crippen molar-refractivity contribution in [3.05, 3.63) is 69.6 Å². The Morgan fingerprint density at radius 3 is 2.50 bits per heavy atom. The van der Waals surface area contributed by atoms with Gasteiger partial charge in [0.2, 0.25) is 0 Å². The van der Waals surface area contributed by atoms with Gasteiger partial charge in [-0.15, -0.1) is 0 Å². The maximum atomic E-state index is 14.0. The van der Waals surface area contributed by atoms with Crippen LogP contribution in [-0.2, 0) is 4.74 Å². The first kappa shape index (κ1) is 16.3. The fraction of sp³-hybridized carbons (Fsp3) is 0.0625. The number of carbonyl (C=O) groups excluding carboxylic acids is 1. The van der Waals surface area contributed by atoms with Gasteiger partial charge < -0.3 is 10.1 Å². The maximum absolute atomic E-state index is 14.0. The Bertz CT molecular complexity index is 715. The third-order valence-corrected chi connectivity index (χ3v) is 3.31. The number of benzene rings is 2. The quantitative estimate of drug-likeness (QED) is 0.796. The molecule has 0 aliphatic rings. The van der Waals surface area contributed by atoms with E-state index in [0.29, 0.717) is 5.02 Å². The van der Waals surface area contributed by atoms with Crippen molar-refractivity contribution in [1.29, 1.82) is 0 Å². The molecule has 0 aliphatic heterocycles. The number of nitrogens with one attached hydrogen (secondary N) is 1. The second kappa shape index (κ2) is 7.29. The summed E-state index contributed by atoms with van der Waals surface area (Å²) in [6.07, 6.45) is 2.95. The van der Waals surface area contributed by atoms with Crippen LogP contribution in [-0.4, -0.2) is 13.1 Å². The number of anilines is 1. The van der Waals surface area contributed by atoms with E-state index in [4.69, 9.17) is 23.2 Å². The van der Waals surface area contributed by atoms with Crippen molar-refractivity contribution in [2.75, 3.05) is 12.4 Å². The van der Waals surface area contributed by atoms with E-state index in [1.54, 1.807) is 24.3 Å². The minimum Gasteiger partial charge on any atom is -0.465 e. The SMILES string of the molecule is COC(=O)c1cc(Cl)cc(F)c1C=CNc1ccc(Cl)cc1. The second-order valence-electron chi connectivity index (χ2n) is 4.32. The summed E-state index contributed by atoms with van der Waals surface area (Å²) in [5.74, 6) is -1.27. The molecule has 0 fully saturated rings. The molecule has 0 amide bonds. The molecule has 6 heteroatoms. The molecule has 2 aromatic rings. The van der Waals surface area contributed by atoms with Crippen molar-refractivity contribution < 1.29 is 13.9 Å². The molecule has 0 spiro atoms. The van der Waals surface area contributed by atoms with Crippen LogP contribution in [0.25, 0.3) is 6.08 Å².